The van der Waals surface area contributed by atoms with E-state index in [2.05, 4.69) is 5.32 Å². The zero-order valence-electron chi connectivity index (χ0n) is 15.4. The maximum atomic E-state index is 12.7. The number of sulfonamides is 1. The number of nitrogens with zero attached hydrogens (tertiary/aromatic N) is 1. The van der Waals surface area contributed by atoms with Crippen LogP contribution in [0.4, 0.5) is 0 Å². The van der Waals surface area contributed by atoms with Crippen molar-refractivity contribution < 1.29 is 22.7 Å². The van der Waals surface area contributed by atoms with E-state index in [1.165, 1.54) is 16.1 Å². The zero-order chi connectivity index (χ0) is 20.1. The first-order chi connectivity index (χ1) is 13.4. The van der Waals surface area contributed by atoms with Crippen LogP contribution in [0.1, 0.15) is 13.3 Å². The summed E-state index contributed by atoms with van der Waals surface area (Å²) in [5.41, 5.74) is 0. The van der Waals surface area contributed by atoms with E-state index in [1.54, 1.807) is 18.2 Å². The van der Waals surface area contributed by atoms with Gasteiger partial charge in [-0.15, -0.1) is 0 Å². The van der Waals surface area contributed by atoms with Gasteiger partial charge in [-0.05, 0) is 31.6 Å². The summed E-state index contributed by atoms with van der Waals surface area (Å²) in [6.45, 7) is 3.71. The summed E-state index contributed by atoms with van der Waals surface area (Å²) in [6.07, 6.45) is 9.31. The van der Waals surface area contributed by atoms with Crippen LogP contribution in [0, 0.1) is 5.92 Å². The minimum Gasteiger partial charge on any atom is -0.494 e. The molecule has 1 unspecified atom stereocenters. The fraction of sp³-hybridized carbons (Fsp3) is 0.444. The smallest absolute Gasteiger partial charge is 0.263 e. The van der Waals surface area contributed by atoms with Crippen molar-refractivity contribution >= 4 is 44.2 Å². The number of hydrogen-bond donors (Lipinski definition) is 1. The highest BCUT2D eigenvalue weighted by Gasteiger charge is 2.29. The van der Waals surface area contributed by atoms with E-state index in [0.717, 1.165) is 5.76 Å². The number of ether oxygens (including phenoxy) is 2. The van der Waals surface area contributed by atoms with E-state index < -0.39 is 10.0 Å². The van der Waals surface area contributed by atoms with Crippen molar-refractivity contribution in [1.82, 2.24) is 9.62 Å². The molecule has 3 aliphatic rings. The molecule has 1 N–H and O–H groups in total. The minimum atomic E-state index is -3.48. The minimum absolute atomic E-state index is 0.0434. The summed E-state index contributed by atoms with van der Waals surface area (Å²) < 4.78 is 38.4. The van der Waals surface area contributed by atoms with E-state index >= 15 is 0 Å². The topological polar surface area (TPSA) is 84.9 Å². The molecule has 1 amide bonds. The lowest BCUT2D eigenvalue weighted by molar-refractivity contribution is -0.115. The Morgan fingerprint density at radius 3 is 2.79 bits per heavy atom. The van der Waals surface area contributed by atoms with Gasteiger partial charge in [-0.2, -0.15) is 4.31 Å². The first-order valence-corrected chi connectivity index (χ1v) is 11.6. The largest absolute Gasteiger partial charge is 0.494 e. The first kappa shape index (κ1) is 21.3. The van der Waals surface area contributed by atoms with Crippen LogP contribution in [-0.2, 0) is 24.3 Å². The van der Waals surface area contributed by atoms with Crippen LogP contribution in [-0.4, -0.2) is 55.9 Å². The first-order valence-electron chi connectivity index (χ1n) is 8.90. The van der Waals surface area contributed by atoms with E-state index in [4.69, 9.17) is 21.7 Å². The molecule has 0 aromatic rings. The average molecular weight is 443 g/mol. The standard InChI is InChI=1S/C18H22N2O5S3/c1-2-15(25-10-7-16-17(21)19-18(26)27-16)13-3-5-14(6-4-13)28(22,23)20-8-11-24-12-9-20/h2-3,5-7,13H,4,8-12H2,1H3,(H,19,21,26)/b15-2-,16-7-. The summed E-state index contributed by atoms with van der Waals surface area (Å²) in [4.78, 5) is 12.5. The van der Waals surface area contributed by atoms with Gasteiger partial charge < -0.3 is 14.8 Å². The molecule has 28 heavy (non-hydrogen) atoms. The van der Waals surface area contributed by atoms with Gasteiger partial charge in [0.05, 0.1) is 28.8 Å². The quantitative estimate of drug-likeness (QED) is 0.383. The monoisotopic (exact) mass is 442 g/mol. The molecule has 0 aromatic carbocycles. The van der Waals surface area contributed by atoms with Crippen LogP contribution in [0.3, 0.4) is 0 Å². The van der Waals surface area contributed by atoms with Crippen molar-refractivity contribution in [3.8, 4) is 0 Å². The molecule has 0 radical (unpaired) electrons. The van der Waals surface area contributed by atoms with Crippen LogP contribution in [0.5, 0.6) is 0 Å². The lowest BCUT2D eigenvalue weighted by Gasteiger charge is -2.27. The number of rotatable bonds is 6. The molecule has 2 heterocycles. The highest BCUT2D eigenvalue weighted by atomic mass is 32.2. The normalized spacial score (nSPS) is 25.8. The Balaban J connectivity index is 1.58. The van der Waals surface area contributed by atoms with Crippen molar-refractivity contribution in [3.05, 3.63) is 45.9 Å². The fourth-order valence-corrected chi connectivity index (χ4v) is 5.50. The molecule has 2 fully saturated rings. The molecule has 1 aliphatic carbocycles. The van der Waals surface area contributed by atoms with Gasteiger partial charge in [-0.1, -0.05) is 36.1 Å². The Bertz CT molecular complexity index is 868. The third-order valence-electron chi connectivity index (χ3n) is 4.48. The van der Waals surface area contributed by atoms with Gasteiger partial charge in [0.1, 0.15) is 10.9 Å². The SMILES string of the molecule is C/C=C(\OC/C=C1\SC(=S)NC1=O)C1C=CC(S(=O)(=O)N2CCOCC2)=CC1. The summed E-state index contributed by atoms with van der Waals surface area (Å²) in [5.74, 6) is 0.482. The Hall–Kier alpha value is -1.46. The van der Waals surface area contributed by atoms with Gasteiger partial charge in [0.25, 0.3) is 5.91 Å². The molecule has 2 saturated heterocycles. The van der Waals surface area contributed by atoms with E-state index in [-0.39, 0.29) is 18.4 Å². The van der Waals surface area contributed by atoms with Gasteiger partial charge in [0.2, 0.25) is 10.0 Å². The van der Waals surface area contributed by atoms with Crippen LogP contribution in [0.2, 0.25) is 0 Å². The van der Waals surface area contributed by atoms with Crippen molar-refractivity contribution in [3.63, 3.8) is 0 Å². The van der Waals surface area contributed by atoms with Crippen LogP contribution >= 0.6 is 24.0 Å². The number of allylic oxidation sites excluding steroid dienone is 4. The molecule has 0 bridgehead atoms. The Morgan fingerprint density at radius 2 is 2.21 bits per heavy atom. The van der Waals surface area contributed by atoms with Gasteiger partial charge in [-0.25, -0.2) is 8.42 Å². The molecule has 7 nitrogen and oxygen atoms in total. The molecule has 2 aliphatic heterocycles. The van der Waals surface area contributed by atoms with Gasteiger partial charge in [0, 0.05) is 19.0 Å². The number of nitrogens with one attached hydrogen (secondary N) is 1. The third-order valence-corrected chi connectivity index (χ3v) is 7.64. The van der Waals surface area contributed by atoms with Gasteiger partial charge in [0.15, 0.2) is 0 Å². The summed E-state index contributed by atoms with van der Waals surface area (Å²) >= 11 is 6.17. The fourth-order valence-electron chi connectivity index (χ4n) is 3.02. The van der Waals surface area contributed by atoms with Crippen LogP contribution in [0.15, 0.2) is 45.9 Å². The van der Waals surface area contributed by atoms with E-state index in [0.29, 0.717) is 46.9 Å². The number of carbonyl (C=O) groups excluding carboxylic acids is 1. The number of hydrogen-bond acceptors (Lipinski definition) is 7. The second kappa shape index (κ2) is 9.36. The molecular formula is C18H22N2O5S3. The van der Waals surface area contributed by atoms with Crippen molar-refractivity contribution in [2.75, 3.05) is 32.9 Å². The maximum Gasteiger partial charge on any atom is 0.263 e. The maximum absolute atomic E-state index is 12.7. The lowest BCUT2D eigenvalue weighted by atomic mass is 9.98. The van der Waals surface area contributed by atoms with Gasteiger partial charge >= 0.3 is 0 Å². The highest BCUT2D eigenvalue weighted by molar-refractivity contribution is 8.26. The number of carbonyl (C=O) groups is 1. The molecule has 3 rings (SSSR count). The van der Waals surface area contributed by atoms with Crippen molar-refractivity contribution in [1.29, 1.82) is 0 Å². The molecule has 152 valence electrons. The number of thiocarbonyl (C=S) groups is 1. The third kappa shape index (κ3) is 4.93. The van der Waals surface area contributed by atoms with Crippen molar-refractivity contribution in [2.24, 2.45) is 5.92 Å². The molecule has 0 aromatic heterocycles. The molecule has 1 atom stereocenters. The summed E-state index contributed by atoms with van der Waals surface area (Å²) in [7, 11) is -3.48. The number of amides is 1. The number of thioether (sulfide) groups is 1. The van der Waals surface area contributed by atoms with Crippen molar-refractivity contribution in [2.45, 2.75) is 13.3 Å². The number of morpholine rings is 1. The molecule has 0 spiro atoms. The lowest BCUT2D eigenvalue weighted by Crippen LogP contribution is -2.41. The molecular weight excluding hydrogens is 420 g/mol. The predicted molar refractivity (Wildman–Crippen MR) is 113 cm³/mol. The van der Waals surface area contributed by atoms with Gasteiger partial charge in [-0.3, -0.25) is 4.79 Å². The summed E-state index contributed by atoms with van der Waals surface area (Å²) in [5, 5.41) is 2.56. The van der Waals surface area contributed by atoms with E-state index in [9.17, 15) is 13.2 Å². The Labute approximate surface area is 174 Å². The Morgan fingerprint density at radius 1 is 1.46 bits per heavy atom. The average Bonchev–Trinajstić information content (AvgIpc) is 3.03. The molecule has 0 saturated carbocycles. The zero-order valence-corrected chi connectivity index (χ0v) is 17.9. The van der Waals surface area contributed by atoms with E-state index in [1.807, 2.05) is 19.1 Å². The predicted octanol–water partition coefficient (Wildman–Crippen LogP) is 2.06. The van der Waals surface area contributed by atoms with Crippen LogP contribution in [0.25, 0.3) is 0 Å². The second-order valence-corrected chi connectivity index (χ2v) is 9.90. The summed E-state index contributed by atoms with van der Waals surface area (Å²) in [6, 6.07) is 0. The Kier molecular flexibility index (Phi) is 7.10. The highest BCUT2D eigenvalue weighted by Crippen LogP contribution is 2.29. The second-order valence-electron chi connectivity index (χ2n) is 6.24. The van der Waals surface area contributed by atoms with Crippen LogP contribution < -0.4 is 5.32 Å². The molecule has 10 heteroatoms.